The summed E-state index contributed by atoms with van der Waals surface area (Å²) < 4.78 is 21.6. The van der Waals surface area contributed by atoms with Crippen molar-refractivity contribution in [1.29, 1.82) is 0 Å². The van der Waals surface area contributed by atoms with E-state index >= 15 is 0 Å². The lowest BCUT2D eigenvalue weighted by Gasteiger charge is -2.57. The maximum atomic E-state index is 12.0. The molecule has 0 unspecified atom stereocenters. The third-order valence-electron chi connectivity index (χ3n) is 18.4. The predicted molar refractivity (Wildman–Crippen MR) is 284 cm³/mol. The summed E-state index contributed by atoms with van der Waals surface area (Å²) in [6, 6.07) is 0. The van der Waals surface area contributed by atoms with E-state index in [0.717, 1.165) is 74.5 Å². The minimum Gasteiger partial charge on any atom is -0.465 e. The Morgan fingerprint density at radius 1 is 0.406 bits per heavy atom. The minimum atomic E-state index is -0.319. The summed E-state index contributed by atoms with van der Waals surface area (Å²) in [5.41, 5.74) is -0.631. The molecule has 7 aliphatic rings. The van der Waals surface area contributed by atoms with Crippen molar-refractivity contribution in [3.05, 3.63) is 0 Å². The number of carbonyl (C=O) groups excluding carboxylic acids is 4. The third-order valence-corrected chi connectivity index (χ3v) is 18.4. The summed E-state index contributed by atoms with van der Waals surface area (Å²) in [6.45, 7) is 26.3. The van der Waals surface area contributed by atoms with E-state index in [9.17, 15) is 19.2 Å². The molecule has 8 heteroatoms. The van der Waals surface area contributed by atoms with Crippen LogP contribution in [0, 0.1) is 62.6 Å². The number of rotatable bonds is 21. The minimum absolute atomic E-state index is 0.0180. The summed E-state index contributed by atoms with van der Waals surface area (Å²) in [5, 5.41) is 0. The van der Waals surface area contributed by atoms with Crippen molar-refractivity contribution in [1.82, 2.24) is 0 Å². The Hall–Kier alpha value is -2.12. The monoisotopic (exact) mass is 971 g/mol. The molecule has 7 fully saturated rings. The highest BCUT2D eigenvalue weighted by Crippen LogP contribution is 2.61. The Labute approximate surface area is 425 Å². The zero-order valence-corrected chi connectivity index (χ0v) is 47.3. The molecule has 7 rings (SSSR count). The second kappa shape index (κ2) is 30.2. The zero-order valence-electron chi connectivity index (χ0n) is 47.3. The molecule has 0 heterocycles. The van der Waals surface area contributed by atoms with Gasteiger partial charge in [0.1, 0.15) is 0 Å². The molecule has 4 bridgehead atoms. The first-order chi connectivity index (χ1) is 32.6. The molecular formula is C61H110O8. The Morgan fingerprint density at radius 2 is 0.725 bits per heavy atom. The van der Waals surface area contributed by atoms with E-state index in [-0.39, 0.29) is 45.5 Å². The number of hydrogen-bond acceptors (Lipinski definition) is 8. The Morgan fingerprint density at radius 3 is 1.10 bits per heavy atom. The van der Waals surface area contributed by atoms with E-state index in [2.05, 4.69) is 6.92 Å². The molecule has 0 aromatic heterocycles. The van der Waals surface area contributed by atoms with Gasteiger partial charge in [0.05, 0.1) is 48.1 Å². The summed E-state index contributed by atoms with van der Waals surface area (Å²) >= 11 is 0. The largest absolute Gasteiger partial charge is 0.465 e. The van der Waals surface area contributed by atoms with Gasteiger partial charge in [0.25, 0.3) is 0 Å². The van der Waals surface area contributed by atoms with Crippen LogP contribution in [0.4, 0.5) is 0 Å². The van der Waals surface area contributed by atoms with Crippen LogP contribution in [-0.4, -0.2) is 50.3 Å². The van der Waals surface area contributed by atoms with Gasteiger partial charge in [0, 0.05) is 0 Å². The first kappa shape index (κ1) is 61.2. The SMILES string of the molecule is CCC(C)(C)C(=O)OCC1CCCCC1.CCC(C)(C)C(=O)OCCC1CCCCC1.CCC(C)(C)C(=O)OCCCC12CC3CC(CC(C3)C1)C2.CCC(C)(C)C(=O)OCCCC1CCCCC1. The molecule has 8 nitrogen and oxygen atoms in total. The smallest absolute Gasteiger partial charge is 0.311 e. The number of esters is 4. The zero-order chi connectivity index (χ0) is 51.1. The molecule has 69 heavy (non-hydrogen) atoms. The fourth-order valence-corrected chi connectivity index (χ4v) is 11.9. The van der Waals surface area contributed by atoms with Gasteiger partial charge in [-0.2, -0.15) is 0 Å². The van der Waals surface area contributed by atoms with Crippen molar-refractivity contribution < 1.29 is 38.1 Å². The van der Waals surface area contributed by atoms with E-state index in [1.165, 1.54) is 148 Å². The van der Waals surface area contributed by atoms with Crippen molar-refractivity contribution in [2.75, 3.05) is 26.4 Å². The number of carbonyl (C=O) groups is 4. The molecule has 0 aliphatic heterocycles. The molecular weight excluding hydrogens is 861 g/mol. The highest BCUT2D eigenvalue weighted by Gasteiger charge is 2.50. The van der Waals surface area contributed by atoms with Crippen LogP contribution in [0.1, 0.15) is 276 Å². The quantitative estimate of drug-likeness (QED) is 0.0636. The lowest BCUT2D eigenvalue weighted by Crippen LogP contribution is -2.46. The van der Waals surface area contributed by atoms with Crippen LogP contribution in [0.5, 0.6) is 0 Å². The number of ether oxygens (including phenoxy) is 4. The van der Waals surface area contributed by atoms with Crippen molar-refractivity contribution >= 4 is 23.9 Å². The molecule has 0 aromatic carbocycles. The van der Waals surface area contributed by atoms with Crippen LogP contribution in [0.15, 0.2) is 0 Å². The van der Waals surface area contributed by atoms with Crippen LogP contribution in [0.25, 0.3) is 0 Å². The van der Waals surface area contributed by atoms with Crippen molar-refractivity contribution in [3.63, 3.8) is 0 Å². The van der Waals surface area contributed by atoms with Crippen LogP contribution < -0.4 is 0 Å². The maximum Gasteiger partial charge on any atom is 0.311 e. The van der Waals surface area contributed by atoms with Crippen molar-refractivity contribution in [3.8, 4) is 0 Å². The Kier molecular flexibility index (Phi) is 26.7. The van der Waals surface area contributed by atoms with Crippen LogP contribution >= 0.6 is 0 Å². The highest BCUT2D eigenvalue weighted by atomic mass is 16.5. The van der Waals surface area contributed by atoms with E-state index in [1.54, 1.807) is 0 Å². The lowest BCUT2D eigenvalue weighted by molar-refractivity contribution is -0.156. The average molecular weight is 972 g/mol. The van der Waals surface area contributed by atoms with Crippen LogP contribution in [0.2, 0.25) is 0 Å². The standard InChI is InChI=1S/C19H32O2.C15H28O2.C14H26O2.C13H24O2/c1-4-18(2,3)17(20)21-7-5-6-19-11-14-8-15(12-19)10-16(9-14)13-19;1-4-15(2,3)14(16)17-12-8-11-13-9-6-5-7-10-13;1-4-14(2,3)13(15)16-11-10-12-8-6-5-7-9-12;1-4-13(2,3)12(14)15-10-11-8-6-5-7-9-11/h14-16H,4-13H2,1-3H3;13H,4-12H2,1-3H3;12H,4-11H2,1-3H3;11H,4-10H2,1-3H3. The van der Waals surface area contributed by atoms with Crippen LogP contribution in [0.3, 0.4) is 0 Å². The molecule has 0 atom stereocenters. The summed E-state index contributed by atoms with van der Waals surface area (Å²) in [6.07, 6.45) is 38.2. The Bertz CT molecular complexity index is 1440. The highest BCUT2D eigenvalue weighted by molar-refractivity contribution is 5.77. The molecule has 7 aliphatic carbocycles. The fraction of sp³-hybridized carbons (Fsp3) is 0.934. The van der Waals surface area contributed by atoms with E-state index in [0.29, 0.717) is 37.8 Å². The predicted octanol–water partition coefficient (Wildman–Crippen LogP) is 16.8. The second-order valence-corrected chi connectivity index (χ2v) is 25.9. The summed E-state index contributed by atoms with van der Waals surface area (Å²) in [4.78, 5) is 47.2. The normalized spacial score (nSPS) is 24.3. The van der Waals surface area contributed by atoms with Gasteiger partial charge in [-0.1, -0.05) is 111 Å². The van der Waals surface area contributed by atoms with Crippen molar-refractivity contribution in [2.45, 2.75) is 276 Å². The van der Waals surface area contributed by atoms with Gasteiger partial charge in [-0.25, -0.2) is 0 Å². The molecule has 402 valence electrons. The topological polar surface area (TPSA) is 105 Å². The van der Waals surface area contributed by atoms with Gasteiger partial charge >= 0.3 is 23.9 Å². The second-order valence-electron chi connectivity index (χ2n) is 25.9. The fourth-order valence-electron chi connectivity index (χ4n) is 11.9. The lowest BCUT2D eigenvalue weighted by atomic mass is 9.48. The summed E-state index contributed by atoms with van der Waals surface area (Å²) in [5.74, 6) is 5.26. The maximum absolute atomic E-state index is 12.0. The first-order valence-corrected chi connectivity index (χ1v) is 29.3. The van der Waals surface area contributed by atoms with Gasteiger partial charge in [-0.15, -0.1) is 0 Å². The van der Waals surface area contributed by atoms with Gasteiger partial charge in [-0.05, 0) is 205 Å². The van der Waals surface area contributed by atoms with Gasteiger partial charge in [-0.3, -0.25) is 19.2 Å². The van der Waals surface area contributed by atoms with E-state index in [4.69, 9.17) is 18.9 Å². The number of hydrogen-bond donors (Lipinski definition) is 0. The average Bonchev–Trinajstić information content (AvgIpc) is 3.34. The van der Waals surface area contributed by atoms with E-state index in [1.807, 2.05) is 76.2 Å². The first-order valence-electron chi connectivity index (χ1n) is 29.3. The van der Waals surface area contributed by atoms with E-state index < -0.39 is 0 Å². The molecule has 0 spiro atoms. The molecule has 0 aromatic rings. The third kappa shape index (κ3) is 21.9. The van der Waals surface area contributed by atoms with Gasteiger partial charge < -0.3 is 18.9 Å². The molecule has 0 radical (unpaired) electrons. The molecule has 0 N–H and O–H groups in total. The van der Waals surface area contributed by atoms with Gasteiger partial charge in [0.2, 0.25) is 0 Å². The van der Waals surface area contributed by atoms with Gasteiger partial charge in [0.15, 0.2) is 0 Å². The Balaban J connectivity index is 0.000000246. The molecule has 0 saturated heterocycles. The molecule has 0 amide bonds. The van der Waals surface area contributed by atoms with Crippen molar-refractivity contribution in [2.24, 2.45) is 62.6 Å². The summed E-state index contributed by atoms with van der Waals surface area (Å²) in [7, 11) is 0. The molecule has 7 saturated carbocycles. The van der Waals surface area contributed by atoms with Crippen LogP contribution in [-0.2, 0) is 38.1 Å².